The standard InChI is InChI=1S/C16H23N3O4S/c1-14-4-3-5-15(12-14)19(24(2,22)23)7-6-16(21)18-10-8-17(13-20)9-11-18/h3-5,12-13H,6-11H2,1-2H3. The Morgan fingerprint density at radius 2 is 1.92 bits per heavy atom. The van der Waals surface area contributed by atoms with Gasteiger partial charge in [0.05, 0.1) is 11.9 Å². The van der Waals surface area contributed by atoms with Gasteiger partial charge in [0.2, 0.25) is 22.3 Å². The molecule has 0 unspecified atom stereocenters. The maximum Gasteiger partial charge on any atom is 0.232 e. The van der Waals surface area contributed by atoms with Gasteiger partial charge in [-0.3, -0.25) is 13.9 Å². The molecule has 0 radical (unpaired) electrons. The summed E-state index contributed by atoms with van der Waals surface area (Å²) >= 11 is 0. The first-order chi connectivity index (χ1) is 11.3. The lowest BCUT2D eigenvalue weighted by molar-refractivity contribution is -0.134. The molecular weight excluding hydrogens is 330 g/mol. The Bertz CT molecular complexity index is 697. The number of piperazine rings is 1. The van der Waals surface area contributed by atoms with Crippen LogP contribution < -0.4 is 4.31 Å². The molecule has 0 saturated carbocycles. The van der Waals surface area contributed by atoms with Gasteiger partial charge >= 0.3 is 0 Å². The van der Waals surface area contributed by atoms with E-state index in [0.717, 1.165) is 18.2 Å². The van der Waals surface area contributed by atoms with Crippen LogP contribution >= 0.6 is 0 Å². The Morgan fingerprint density at radius 1 is 1.25 bits per heavy atom. The molecule has 24 heavy (non-hydrogen) atoms. The minimum atomic E-state index is -3.47. The highest BCUT2D eigenvalue weighted by atomic mass is 32.2. The fraction of sp³-hybridized carbons (Fsp3) is 0.500. The van der Waals surface area contributed by atoms with E-state index < -0.39 is 10.0 Å². The van der Waals surface area contributed by atoms with E-state index >= 15 is 0 Å². The van der Waals surface area contributed by atoms with Crippen molar-refractivity contribution in [2.45, 2.75) is 13.3 Å². The molecule has 1 aliphatic rings. The third-order valence-electron chi connectivity index (χ3n) is 4.03. The molecule has 1 aliphatic heterocycles. The molecular formula is C16H23N3O4S. The largest absolute Gasteiger partial charge is 0.342 e. The summed E-state index contributed by atoms with van der Waals surface area (Å²) in [6.45, 7) is 4.00. The van der Waals surface area contributed by atoms with Crippen molar-refractivity contribution in [2.24, 2.45) is 0 Å². The van der Waals surface area contributed by atoms with Gasteiger partial charge in [-0.1, -0.05) is 12.1 Å². The lowest BCUT2D eigenvalue weighted by Gasteiger charge is -2.33. The quantitative estimate of drug-likeness (QED) is 0.696. The summed E-state index contributed by atoms with van der Waals surface area (Å²) < 4.78 is 25.4. The number of hydrogen-bond donors (Lipinski definition) is 0. The lowest BCUT2D eigenvalue weighted by Crippen LogP contribution is -2.48. The first-order valence-electron chi connectivity index (χ1n) is 7.83. The molecule has 0 aliphatic carbocycles. The number of anilines is 1. The summed E-state index contributed by atoms with van der Waals surface area (Å²) in [6, 6.07) is 7.20. The molecule has 7 nitrogen and oxygen atoms in total. The van der Waals surface area contributed by atoms with Crippen LogP contribution in [0, 0.1) is 6.92 Å². The van der Waals surface area contributed by atoms with Gasteiger partial charge in [0, 0.05) is 39.1 Å². The number of aryl methyl sites for hydroxylation is 1. The lowest BCUT2D eigenvalue weighted by atomic mass is 10.2. The predicted octanol–water partition coefficient (Wildman–Crippen LogP) is 0.452. The van der Waals surface area contributed by atoms with Crippen LogP contribution in [0.2, 0.25) is 0 Å². The van der Waals surface area contributed by atoms with Crippen molar-refractivity contribution in [2.75, 3.05) is 43.3 Å². The summed E-state index contributed by atoms with van der Waals surface area (Å²) in [4.78, 5) is 26.3. The summed E-state index contributed by atoms with van der Waals surface area (Å²) in [5, 5.41) is 0. The Labute approximate surface area is 142 Å². The fourth-order valence-corrected chi connectivity index (χ4v) is 3.62. The average molecular weight is 353 g/mol. The summed E-state index contributed by atoms with van der Waals surface area (Å²) in [5.41, 5.74) is 1.52. The van der Waals surface area contributed by atoms with E-state index in [1.165, 1.54) is 4.31 Å². The second-order valence-corrected chi connectivity index (χ2v) is 7.85. The van der Waals surface area contributed by atoms with E-state index in [0.29, 0.717) is 31.9 Å². The van der Waals surface area contributed by atoms with Crippen molar-refractivity contribution < 1.29 is 18.0 Å². The average Bonchev–Trinajstić information content (AvgIpc) is 2.54. The van der Waals surface area contributed by atoms with Gasteiger partial charge in [-0.15, -0.1) is 0 Å². The molecule has 0 aromatic heterocycles. The Morgan fingerprint density at radius 3 is 2.46 bits per heavy atom. The van der Waals surface area contributed by atoms with Crippen LogP contribution in [0.1, 0.15) is 12.0 Å². The van der Waals surface area contributed by atoms with Crippen molar-refractivity contribution in [3.8, 4) is 0 Å². The number of sulfonamides is 1. The maximum atomic E-state index is 12.3. The van der Waals surface area contributed by atoms with Gasteiger partial charge in [0.1, 0.15) is 0 Å². The third kappa shape index (κ3) is 4.70. The first-order valence-corrected chi connectivity index (χ1v) is 9.67. The number of benzene rings is 1. The highest BCUT2D eigenvalue weighted by Gasteiger charge is 2.23. The SMILES string of the molecule is Cc1cccc(N(CCC(=O)N2CCN(C=O)CC2)S(C)(=O)=O)c1. The zero-order valence-electron chi connectivity index (χ0n) is 14.0. The second-order valence-electron chi connectivity index (χ2n) is 5.95. The van der Waals surface area contributed by atoms with E-state index in [-0.39, 0.29) is 18.9 Å². The van der Waals surface area contributed by atoms with E-state index in [2.05, 4.69) is 0 Å². The van der Waals surface area contributed by atoms with Crippen LogP contribution in [-0.2, 0) is 19.6 Å². The molecule has 1 aromatic carbocycles. The van der Waals surface area contributed by atoms with Crippen LogP contribution in [0.4, 0.5) is 5.69 Å². The van der Waals surface area contributed by atoms with Gasteiger partial charge < -0.3 is 9.80 Å². The summed E-state index contributed by atoms with van der Waals surface area (Å²) in [5.74, 6) is -0.0955. The van der Waals surface area contributed by atoms with Gasteiger partial charge in [-0.05, 0) is 24.6 Å². The zero-order chi connectivity index (χ0) is 17.7. The normalized spacial score (nSPS) is 15.2. The monoisotopic (exact) mass is 353 g/mol. The molecule has 132 valence electrons. The van der Waals surface area contributed by atoms with Crippen LogP contribution in [0.15, 0.2) is 24.3 Å². The van der Waals surface area contributed by atoms with Crippen LogP contribution in [-0.4, -0.2) is 69.5 Å². The minimum Gasteiger partial charge on any atom is -0.342 e. The number of carbonyl (C=O) groups is 2. The topological polar surface area (TPSA) is 78.0 Å². The van der Waals surface area contributed by atoms with Crippen molar-refractivity contribution in [3.05, 3.63) is 29.8 Å². The summed E-state index contributed by atoms with van der Waals surface area (Å²) in [7, 11) is -3.47. The fourth-order valence-electron chi connectivity index (χ4n) is 2.70. The van der Waals surface area contributed by atoms with Gasteiger partial charge in [0.15, 0.2) is 0 Å². The predicted molar refractivity (Wildman–Crippen MR) is 92.2 cm³/mol. The smallest absolute Gasteiger partial charge is 0.232 e. The van der Waals surface area contributed by atoms with E-state index in [1.54, 1.807) is 28.0 Å². The zero-order valence-corrected chi connectivity index (χ0v) is 14.8. The number of rotatable bonds is 6. The van der Waals surface area contributed by atoms with Crippen molar-refractivity contribution >= 4 is 28.0 Å². The maximum absolute atomic E-state index is 12.3. The van der Waals surface area contributed by atoms with Crippen LogP contribution in [0.5, 0.6) is 0 Å². The molecule has 1 aromatic rings. The van der Waals surface area contributed by atoms with Crippen LogP contribution in [0.3, 0.4) is 0 Å². The number of amides is 2. The van der Waals surface area contributed by atoms with Crippen LogP contribution in [0.25, 0.3) is 0 Å². The molecule has 1 saturated heterocycles. The molecule has 8 heteroatoms. The van der Waals surface area contributed by atoms with E-state index in [9.17, 15) is 18.0 Å². The van der Waals surface area contributed by atoms with Crippen molar-refractivity contribution in [1.29, 1.82) is 0 Å². The molecule has 0 bridgehead atoms. The Kier molecular flexibility index (Phi) is 5.82. The van der Waals surface area contributed by atoms with Gasteiger partial charge in [-0.2, -0.15) is 0 Å². The van der Waals surface area contributed by atoms with Gasteiger partial charge in [0.25, 0.3) is 0 Å². The number of nitrogens with zero attached hydrogens (tertiary/aromatic N) is 3. The summed E-state index contributed by atoms with van der Waals surface area (Å²) in [6.07, 6.45) is 2.04. The highest BCUT2D eigenvalue weighted by Crippen LogP contribution is 2.19. The Hall–Kier alpha value is -2.09. The molecule has 0 N–H and O–H groups in total. The van der Waals surface area contributed by atoms with E-state index in [4.69, 9.17) is 0 Å². The Balaban J connectivity index is 2.01. The molecule has 2 rings (SSSR count). The van der Waals surface area contributed by atoms with Crippen molar-refractivity contribution in [3.63, 3.8) is 0 Å². The minimum absolute atomic E-state index is 0.0955. The van der Waals surface area contributed by atoms with Gasteiger partial charge in [-0.25, -0.2) is 8.42 Å². The second kappa shape index (κ2) is 7.65. The number of carbonyl (C=O) groups excluding carboxylic acids is 2. The molecule has 0 spiro atoms. The molecule has 0 atom stereocenters. The van der Waals surface area contributed by atoms with Crippen molar-refractivity contribution in [1.82, 2.24) is 9.80 Å². The highest BCUT2D eigenvalue weighted by molar-refractivity contribution is 7.92. The molecule has 1 heterocycles. The molecule has 1 fully saturated rings. The first kappa shape index (κ1) is 18.3. The molecule has 2 amide bonds. The number of hydrogen-bond acceptors (Lipinski definition) is 4. The third-order valence-corrected chi connectivity index (χ3v) is 5.23. The van der Waals surface area contributed by atoms with E-state index in [1.807, 2.05) is 13.0 Å².